The molecule has 3 aromatic carbocycles. The summed E-state index contributed by atoms with van der Waals surface area (Å²) in [4.78, 5) is 33.9. The van der Waals surface area contributed by atoms with Gasteiger partial charge < -0.3 is 0 Å². The average molecular weight is 512 g/mol. The number of nitrogens with zero attached hydrogens (tertiary/aromatic N) is 4. The first-order valence-corrected chi connectivity index (χ1v) is 13.4. The van der Waals surface area contributed by atoms with Crippen molar-refractivity contribution in [3.8, 4) is 11.1 Å². The lowest BCUT2D eigenvalue weighted by molar-refractivity contribution is -0.134. The number of carbonyl (C=O) groups excluding carboxylic acids is 2. The van der Waals surface area contributed by atoms with E-state index in [0.717, 1.165) is 39.0 Å². The van der Waals surface area contributed by atoms with Crippen LogP contribution in [0, 0.1) is 0 Å². The summed E-state index contributed by atoms with van der Waals surface area (Å²) in [5, 5.41) is 6.18. The Morgan fingerprint density at radius 2 is 1.57 bits per heavy atom. The fourth-order valence-electron chi connectivity index (χ4n) is 4.39. The van der Waals surface area contributed by atoms with Crippen LogP contribution < -0.4 is 4.72 Å². The molecule has 5 rings (SSSR count). The SMILES string of the molecule is CS(=O)NC(=O)CCC(=O)N1N=C(c2ccc(-c3ccccc3)cc2)CC1c1ccc2nccnc2c1. The van der Waals surface area contributed by atoms with Gasteiger partial charge >= 0.3 is 0 Å². The van der Waals surface area contributed by atoms with Gasteiger partial charge in [0.1, 0.15) is 11.0 Å². The molecule has 37 heavy (non-hydrogen) atoms. The Bertz CT molecular complexity index is 1510. The number of benzene rings is 3. The Labute approximate surface area is 217 Å². The number of hydrogen-bond acceptors (Lipinski definition) is 6. The minimum absolute atomic E-state index is 0.0450. The van der Waals surface area contributed by atoms with Gasteiger partial charge in [0.05, 0.1) is 22.8 Å². The molecule has 2 unspecified atom stereocenters. The van der Waals surface area contributed by atoms with Crippen molar-refractivity contribution < 1.29 is 13.8 Å². The lowest BCUT2D eigenvalue weighted by atomic mass is 9.96. The average Bonchev–Trinajstić information content (AvgIpc) is 3.37. The molecule has 0 aliphatic carbocycles. The zero-order valence-corrected chi connectivity index (χ0v) is 21.0. The summed E-state index contributed by atoms with van der Waals surface area (Å²) in [6.07, 6.45) is 5.06. The maximum Gasteiger partial charge on any atom is 0.243 e. The zero-order chi connectivity index (χ0) is 25.8. The van der Waals surface area contributed by atoms with Gasteiger partial charge in [0, 0.05) is 37.9 Å². The van der Waals surface area contributed by atoms with Crippen LogP contribution in [0.2, 0.25) is 0 Å². The van der Waals surface area contributed by atoms with Crippen molar-refractivity contribution in [3.63, 3.8) is 0 Å². The molecule has 0 saturated carbocycles. The third-order valence-corrected chi connectivity index (χ3v) is 6.71. The highest BCUT2D eigenvalue weighted by Gasteiger charge is 2.33. The number of carbonyl (C=O) groups is 2. The summed E-state index contributed by atoms with van der Waals surface area (Å²) in [6.45, 7) is 0. The maximum atomic E-state index is 13.2. The van der Waals surface area contributed by atoms with Crippen LogP contribution in [-0.4, -0.2) is 43.0 Å². The number of rotatable bonds is 7. The van der Waals surface area contributed by atoms with E-state index in [2.05, 4.69) is 26.8 Å². The molecular weight excluding hydrogens is 486 g/mol. The van der Waals surface area contributed by atoms with Crippen molar-refractivity contribution in [3.05, 3.63) is 96.3 Å². The normalized spacial score (nSPS) is 15.9. The standard InChI is InChI=1S/C28H25N5O3S/c1-37(36)32-27(34)13-14-28(35)33-26(22-11-12-23-25(17-22)30-16-15-29-23)18-24(31-33)21-9-7-20(8-10-21)19-5-3-2-4-6-19/h2-12,15-17,26H,13-14,18H2,1H3,(H,32,34). The number of aromatic nitrogens is 2. The lowest BCUT2D eigenvalue weighted by Crippen LogP contribution is -2.30. The molecule has 8 nitrogen and oxygen atoms in total. The molecule has 4 aromatic rings. The second-order valence-electron chi connectivity index (χ2n) is 8.73. The van der Waals surface area contributed by atoms with E-state index in [1.807, 2.05) is 60.7 Å². The van der Waals surface area contributed by atoms with Crippen molar-refractivity contribution >= 4 is 39.5 Å². The van der Waals surface area contributed by atoms with Crippen LogP contribution >= 0.6 is 0 Å². The van der Waals surface area contributed by atoms with Crippen LogP contribution in [-0.2, 0) is 20.6 Å². The van der Waals surface area contributed by atoms with Gasteiger partial charge in [0.15, 0.2) is 0 Å². The molecule has 186 valence electrons. The van der Waals surface area contributed by atoms with Crippen LogP contribution in [0.1, 0.15) is 36.4 Å². The largest absolute Gasteiger partial charge is 0.275 e. The van der Waals surface area contributed by atoms with Gasteiger partial charge in [-0.2, -0.15) is 5.10 Å². The molecule has 0 saturated heterocycles. The summed E-state index contributed by atoms with van der Waals surface area (Å²) in [5.41, 5.74) is 6.33. The topological polar surface area (TPSA) is 105 Å². The second kappa shape index (κ2) is 10.8. The quantitative estimate of drug-likeness (QED) is 0.401. The van der Waals surface area contributed by atoms with Crippen LogP contribution in [0.25, 0.3) is 22.2 Å². The highest BCUT2D eigenvalue weighted by molar-refractivity contribution is 7.82. The molecule has 0 radical (unpaired) electrons. The van der Waals surface area contributed by atoms with E-state index in [9.17, 15) is 13.8 Å². The number of hydrazone groups is 1. The highest BCUT2D eigenvalue weighted by atomic mass is 32.2. The van der Waals surface area contributed by atoms with Crippen LogP contribution in [0.4, 0.5) is 0 Å². The Balaban J connectivity index is 1.42. The molecule has 2 atom stereocenters. The molecule has 1 N–H and O–H groups in total. The molecular formula is C28H25N5O3S. The summed E-state index contributed by atoms with van der Waals surface area (Å²) in [5.74, 6) is -0.719. The Morgan fingerprint density at radius 3 is 2.30 bits per heavy atom. The maximum absolute atomic E-state index is 13.2. The third-order valence-electron chi connectivity index (χ3n) is 6.19. The first kappa shape index (κ1) is 24.5. The van der Waals surface area contributed by atoms with Gasteiger partial charge in [-0.25, -0.2) is 9.22 Å². The van der Waals surface area contributed by atoms with Crippen molar-refractivity contribution in [1.82, 2.24) is 19.7 Å². The van der Waals surface area contributed by atoms with E-state index in [4.69, 9.17) is 5.10 Å². The molecule has 0 fully saturated rings. The summed E-state index contributed by atoms with van der Waals surface area (Å²) >= 11 is 0. The van der Waals surface area contributed by atoms with Gasteiger partial charge in [-0.1, -0.05) is 60.7 Å². The predicted octanol–water partition coefficient (Wildman–Crippen LogP) is 4.16. The summed E-state index contributed by atoms with van der Waals surface area (Å²) in [6, 6.07) is 23.7. The van der Waals surface area contributed by atoms with E-state index < -0.39 is 16.9 Å². The van der Waals surface area contributed by atoms with Crippen molar-refractivity contribution in [2.24, 2.45) is 5.10 Å². The fraction of sp³-hybridized carbons (Fsp3) is 0.179. The van der Waals surface area contributed by atoms with Crippen LogP contribution in [0.3, 0.4) is 0 Å². The lowest BCUT2D eigenvalue weighted by Gasteiger charge is -2.22. The first-order chi connectivity index (χ1) is 18.0. The number of hydrogen-bond donors (Lipinski definition) is 1. The zero-order valence-electron chi connectivity index (χ0n) is 20.2. The Morgan fingerprint density at radius 1 is 0.892 bits per heavy atom. The molecule has 2 amide bonds. The number of fused-ring (bicyclic) bond motifs is 1. The van der Waals surface area contributed by atoms with E-state index >= 15 is 0 Å². The third kappa shape index (κ3) is 5.62. The minimum atomic E-state index is -1.47. The van der Waals surface area contributed by atoms with E-state index in [-0.39, 0.29) is 24.8 Å². The fourth-order valence-corrected chi connectivity index (χ4v) is 4.82. The van der Waals surface area contributed by atoms with Crippen molar-refractivity contribution in [2.45, 2.75) is 25.3 Å². The van der Waals surface area contributed by atoms with Gasteiger partial charge in [0.25, 0.3) is 0 Å². The summed E-state index contributed by atoms with van der Waals surface area (Å²) in [7, 11) is -1.47. The number of amides is 2. The molecule has 0 bridgehead atoms. The van der Waals surface area contributed by atoms with Crippen molar-refractivity contribution in [1.29, 1.82) is 0 Å². The smallest absolute Gasteiger partial charge is 0.243 e. The van der Waals surface area contributed by atoms with Gasteiger partial charge in [-0.05, 0) is 34.4 Å². The predicted molar refractivity (Wildman–Crippen MR) is 144 cm³/mol. The monoisotopic (exact) mass is 511 g/mol. The summed E-state index contributed by atoms with van der Waals surface area (Å²) < 4.78 is 13.6. The highest BCUT2D eigenvalue weighted by Crippen LogP contribution is 2.34. The van der Waals surface area contributed by atoms with Crippen molar-refractivity contribution in [2.75, 3.05) is 6.26 Å². The van der Waals surface area contributed by atoms with Crippen LogP contribution in [0.15, 0.2) is 90.3 Å². The van der Waals surface area contributed by atoms with E-state index in [1.165, 1.54) is 11.3 Å². The van der Waals surface area contributed by atoms with E-state index in [1.54, 1.807) is 12.4 Å². The van der Waals surface area contributed by atoms with Crippen LogP contribution in [0.5, 0.6) is 0 Å². The first-order valence-electron chi connectivity index (χ1n) is 11.9. The molecule has 0 spiro atoms. The molecule has 1 aliphatic heterocycles. The molecule has 1 aromatic heterocycles. The van der Waals surface area contributed by atoms with E-state index in [0.29, 0.717) is 6.42 Å². The Hall–Kier alpha value is -4.24. The molecule has 2 heterocycles. The van der Waals surface area contributed by atoms with Gasteiger partial charge in [-0.3, -0.25) is 24.3 Å². The van der Waals surface area contributed by atoms with Gasteiger partial charge in [-0.15, -0.1) is 0 Å². The molecule has 1 aliphatic rings. The number of nitrogens with one attached hydrogen (secondary N) is 1. The molecule has 9 heteroatoms. The minimum Gasteiger partial charge on any atom is -0.275 e. The second-order valence-corrected chi connectivity index (χ2v) is 9.84. The Kier molecular flexibility index (Phi) is 7.14. The van der Waals surface area contributed by atoms with Gasteiger partial charge in [0.2, 0.25) is 11.8 Å².